The summed E-state index contributed by atoms with van der Waals surface area (Å²) >= 11 is 3.43. The number of aryl methyl sites for hydroxylation is 1. The smallest absolute Gasteiger partial charge is 0.308 e. The summed E-state index contributed by atoms with van der Waals surface area (Å²) in [5, 5.41) is 9.22. The molecule has 1 saturated heterocycles. The van der Waals surface area contributed by atoms with E-state index in [9.17, 15) is 14.7 Å². The minimum Gasteiger partial charge on any atom is -0.481 e. The number of carbonyl (C=O) groups is 2. The number of ether oxygens (including phenoxy) is 1. The second-order valence-electron chi connectivity index (χ2n) is 6.31. The summed E-state index contributed by atoms with van der Waals surface area (Å²) in [6.07, 6.45) is -0.0496. The summed E-state index contributed by atoms with van der Waals surface area (Å²) in [4.78, 5) is 25.4. The molecule has 1 aromatic rings. The molecular weight excluding hydrogens is 362 g/mol. The van der Waals surface area contributed by atoms with Crippen molar-refractivity contribution in [1.82, 2.24) is 4.90 Å². The Morgan fingerprint density at radius 2 is 2.09 bits per heavy atom. The van der Waals surface area contributed by atoms with Crippen LogP contribution >= 0.6 is 15.9 Å². The zero-order chi connectivity index (χ0) is 17.1. The maximum atomic E-state index is 12.6. The standard InChI is InChI=1S/C17H22BrNO4/c1-10-4-5-15(14(18)7-10)23-12(3)16(20)19-8-11(2)6-13(9-19)17(21)22/h4-5,7,11-13H,6,8-9H2,1-3H3,(H,21,22). The number of nitrogens with zero attached hydrogens (tertiary/aromatic N) is 1. The molecule has 0 spiro atoms. The van der Waals surface area contributed by atoms with Gasteiger partial charge in [0.2, 0.25) is 0 Å². The fourth-order valence-electron chi connectivity index (χ4n) is 2.91. The first kappa shape index (κ1) is 17.8. The third kappa shape index (κ3) is 4.47. The molecule has 126 valence electrons. The molecule has 1 N–H and O–H groups in total. The molecule has 0 bridgehead atoms. The molecule has 1 amide bonds. The van der Waals surface area contributed by atoms with Crippen LogP contribution in [-0.2, 0) is 9.59 Å². The third-order valence-electron chi connectivity index (χ3n) is 4.06. The van der Waals surface area contributed by atoms with E-state index in [1.807, 2.05) is 32.0 Å². The highest BCUT2D eigenvalue weighted by Gasteiger charge is 2.34. The van der Waals surface area contributed by atoms with Crippen molar-refractivity contribution >= 4 is 27.8 Å². The topological polar surface area (TPSA) is 66.8 Å². The summed E-state index contributed by atoms with van der Waals surface area (Å²) in [5.41, 5.74) is 1.09. The number of carbonyl (C=O) groups excluding carboxylic acids is 1. The second kappa shape index (κ2) is 7.34. The molecule has 23 heavy (non-hydrogen) atoms. The Morgan fingerprint density at radius 1 is 1.39 bits per heavy atom. The minimum atomic E-state index is -0.843. The Morgan fingerprint density at radius 3 is 2.70 bits per heavy atom. The van der Waals surface area contributed by atoms with Crippen molar-refractivity contribution in [2.45, 2.75) is 33.3 Å². The number of piperidine rings is 1. The Balaban J connectivity index is 2.05. The number of aliphatic carboxylic acids is 1. The van der Waals surface area contributed by atoms with Gasteiger partial charge in [-0.25, -0.2) is 0 Å². The number of carboxylic acids is 1. The van der Waals surface area contributed by atoms with Crippen molar-refractivity contribution in [2.24, 2.45) is 11.8 Å². The first-order chi connectivity index (χ1) is 10.8. The second-order valence-corrected chi connectivity index (χ2v) is 7.17. The van der Waals surface area contributed by atoms with Crippen LogP contribution in [-0.4, -0.2) is 41.1 Å². The number of halogens is 1. The highest BCUT2D eigenvalue weighted by atomic mass is 79.9. The zero-order valence-electron chi connectivity index (χ0n) is 13.6. The molecular formula is C17H22BrNO4. The fourth-order valence-corrected chi connectivity index (χ4v) is 3.50. The van der Waals surface area contributed by atoms with Crippen LogP contribution in [0.15, 0.2) is 22.7 Å². The molecule has 6 heteroatoms. The van der Waals surface area contributed by atoms with Gasteiger partial charge in [-0.05, 0) is 59.8 Å². The van der Waals surface area contributed by atoms with E-state index in [1.54, 1.807) is 11.8 Å². The van der Waals surface area contributed by atoms with Gasteiger partial charge in [-0.2, -0.15) is 0 Å². The summed E-state index contributed by atoms with van der Waals surface area (Å²) in [6.45, 7) is 6.47. The lowest BCUT2D eigenvalue weighted by molar-refractivity contribution is -0.149. The van der Waals surface area contributed by atoms with Gasteiger partial charge in [-0.15, -0.1) is 0 Å². The van der Waals surface area contributed by atoms with Gasteiger partial charge in [0.1, 0.15) is 5.75 Å². The SMILES string of the molecule is Cc1ccc(OC(C)C(=O)N2CC(C)CC(C(=O)O)C2)c(Br)c1. The van der Waals surface area contributed by atoms with E-state index in [-0.39, 0.29) is 18.4 Å². The lowest BCUT2D eigenvalue weighted by atomic mass is 9.90. The van der Waals surface area contributed by atoms with Crippen molar-refractivity contribution < 1.29 is 19.4 Å². The largest absolute Gasteiger partial charge is 0.481 e. The molecule has 2 rings (SSSR count). The van der Waals surface area contributed by atoms with E-state index in [0.717, 1.165) is 10.0 Å². The van der Waals surface area contributed by atoms with Crippen LogP contribution in [0, 0.1) is 18.8 Å². The van der Waals surface area contributed by atoms with Crippen LogP contribution in [0.2, 0.25) is 0 Å². The van der Waals surface area contributed by atoms with E-state index in [0.29, 0.717) is 18.7 Å². The summed E-state index contributed by atoms with van der Waals surface area (Å²) < 4.78 is 6.56. The van der Waals surface area contributed by atoms with Gasteiger partial charge in [-0.3, -0.25) is 9.59 Å². The Bertz CT molecular complexity index is 604. The van der Waals surface area contributed by atoms with Crippen LogP contribution in [0.1, 0.15) is 25.8 Å². The van der Waals surface area contributed by atoms with Gasteiger partial charge in [0, 0.05) is 13.1 Å². The Labute approximate surface area is 144 Å². The highest BCUT2D eigenvalue weighted by Crippen LogP contribution is 2.28. The maximum absolute atomic E-state index is 12.6. The van der Waals surface area contributed by atoms with Gasteiger partial charge in [0.25, 0.3) is 5.91 Å². The third-order valence-corrected chi connectivity index (χ3v) is 4.68. The predicted octanol–water partition coefficient (Wildman–Crippen LogP) is 3.09. The van der Waals surface area contributed by atoms with Crippen LogP contribution in [0.3, 0.4) is 0 Å². The lowest BCUT2D eigenvalue weighted by Gasteiger charge is -2.36. The first-order valence-corrected chi connectivity index (χ1v) is 8.51. The molecule has 1 fully saturated rings. The predicted molar refractivity (Wildman–Crippen MR) is 90.5 cm³/mol. The molecule has 3 atom stereocenters. The first-order valence-electron chi connectivity index (χ1n) is 7.72. The van der Waals surface area contributed by atoms with Gasteiger partial charge >= 0.3 is 5.97 Å². The van der Waals surface area contributed by atoms with Crippen molar-refractivity contribution in [3.63, 3.8) is 0 Å². The number of carboxylic acid groups (broad SMARTS) is 1. The number of rotatable bonds is 4. The number of hydrogen-bond donors (Lipinski definition) is 1. The van der Waals surface area contributed by atoms with E-state index < -0.39 is 18.0 Å². The summed E-state index contributed by atoms with van der Waals surface area (Å²) in [6, 6.07) is 5.67. The molecule has 0 aromatic heterocycles. The molecule has 1 aromatic carbocycles. The normalized spacial score (nSPS) is 22.5. The summed E-state index contributed by atoms with van der Waals surface area (Å²) in [7, 11) is 0. The van der Waals surface area contributed by atoms with Gasteiger partial charge in [0.05, 0.1) is 10.4 Å². The molecule has 1 heterocycles. The van der Waals surface area contributed by atoms with Gasteiger partial charge in [-0.1, -0.05) is 13.0 Å². The molecule has 1 aliphatic rings. The van der Waals surface area contributed by atoms with Crippen molar-refractivity contribution in [3.05, 3.63) is 28.2 Å². The average Bonchev–Trinajstić information content (AvgIpc) is 2.48. The van der Waals surface area contributed by atoms with Crippen molar-refractivity contribution in [2.75, 3.05) is 13.1 Å². The van der Waals surface area contributed by atoms with E-state index in [2.05, 4.69) is 15.9 Å². The number of amides is 1. The van der Waals surface area contributed by atoms with E-state index in [1.165, 1.54) is 0 Å². The number of benzene rings is 1. The van der Waals surface area contributed by atoms with Gasteiger partial charge in [0.15, 0.2) is 6.10 Å². The Kier molecular flexibility index (Phi) is 5.68. The fraction of sp³-hybridized carbons (Fsp3) is 0.529. The molecule has 3 unspecified atom stereocenters. The quantitative estimate of drug-likeness (QED) is 0.867. The van der Waals surface area contributed by atoms with Crippen molar-refractivity contribution in [1.29, 1.82) is 0 Å². The zero-order valence-corrected chi connectivity index (χ0v) is 15.2. The summed E-state index contributed by atoms with van der Waals surface area (Å²) in [5.74, 6) is -0.733. The number of likely N-dealkylation sites (tertiary alicyclic amines) is 1. The molecule has 0 aliphatic carbocycles. The van der Waals surface area contributed by atoms with Crippen LogP contribution in [0.25, 0.3) is 0 Å². The lowest BCUT2D eigenvalue weighted by Crippen LogP contribution is -2.49. The number of hydrogen-bond acceptors (Lipinski definition) is 3. The molecule has 1 aliphatic heterocycles. The molecule has 5 nitrogen and oxygen atoms in total. The van der Waals surface area contributed by atoms with E-state index in [4.69, 9.17) is 4.74 Å². The van der Waals surface area contributed by atoms with E-state index >= 15 is 0 Å². The highest BCUT2D eigenvalue weighted by molar-refractivity contribution is 9.10. The van der Waals surface area contributed by atoms with Gasteiger partial charge < -0.3 is 14.7 Å². The van der Waals surface area contributed by atoms with Crippen LogP contribution in [0.4, 0.5) is 0 Å². The maximum Gasteiger partial charge on any atom is 0.308 e. The van der Waals surface area contributed by atoms with Crippen LogP contribution < -0.4 is 4.74 Å². The monoisotopic (exact) mass is 383 g/mol. The molecule has 0 saturated carbocycles. The molecule has 0 radical (unpaired) electrons. The average molecular weight is 384 g/mol. The minimum absolute atomic E-state index is 0.171. The van der Waals surface area contributed by atoms with Crippen LogP contribution in [0.5, 0.6) is 5.75 Å². The van der Waals surface area contributed by atoms with Crippen molar-refractivity contribution in [3.8, 4) is 5.75 Å². The Hall–Kier alpha value is -1.56.